The second-order valence-corrected chi connectivity index (χ2v) is 4.37. The zero-order chi connectivity index (χ0) is 14.6. The molecule has 19 heavy (non-hydrogen) atoms. The highest BCUT2D eigenvalue weighted by molar-refractivity contribution is 5.98. The predicted octanol–water partition coefficient (Wildman–Crippen LogP) is 0.502. The SMILES string of the molecule is CNc1nccc(C(=O)NC(C(N)=O)C(C)C)c1F. The third-order valence-electron chi connectivity index (χ3n) is 2.63. The van der Waals surface area contributed by atoms with E-state index in [1.54, 1.807) is 13.8 Å². The predicted molar refractivity (Wildman–Crippen MR) is 69.0 cm³/mol. The summed E-state index contributed by atoms with van der Waals surface area (Å²) in [5.41, 5.74) is 5.00. The smallest absolute Gasteiger partial charge is 0.255 e. The van der Waals surface area contributed by atoms with E-state index in [0.717, 1.165) is 0 Å². The fraction of sp³-hybridized carbons (Fsp3) is 0.417. The van der Waals surface area contributed by atoms with Gasteiger partial charge in [0.05, 0.1) is 5.56 Å². The molecule has 0 saturated carbocycles. The summed E-state index contributed by atoms with van der Waals surface area (Å²) in [6, 6.07) is 0.391. The van der Waals surface area contributed by atoms with Gasteiger partial charge in [0.25, 0.3) is 5.91 Å². The van der Waals surface area contributed by atoms with E-state index in [9.17, 15) is 14.0 Å². The van der Waals surface area contributed by atoms with Crippen LogP contribution in [0, 0.1) is 11.7 Å². The number of carbonyl (C=O) groups excluding carboxylic acids is 2. The van der Waals surface area contributed by atoms with E-state index in [1.165, 1.54) is 19.3 Å². The summed E-state index contributed by atoms with van der Waals surface area (Å²) in [7, 11) is 1.49. The number of hydrogen-bond donors (Lipinski definition) is 3. The quantitative estimate of drug-likeness (QED) is 0.724. The molecular weight excluding hydrogens is 251 g/mol. The summed E-state index contributed by atoms with van der Waals surface area (Å²) in [6.07, 6.45) is 1.30. The Balaban J connectivity index is 2.98. The van der Waals surface area contributed by atoms with E-state index in [0.29, 0.717) is 0 Å². The Labute approximate surface area is 110 Å². The number of rotatable bonds is 5. The van der Waals surface area contributed by atoms with E-state index < -0.39 is 23.7 Å². The van der Waals surface area contributed by atoms with Crippen LogP contribution in [0.4, 0.5) is 10.2 Å². The lowest BCUT2D eigenvalue weighted by atomic mass is 10.0. The number of carbonyl (C=O) groups is 2. The third-order valence-corrected chi connectivity index (χ3v) is 2.63. The fourth-order valence-electron chi connectivity index (χ4n) is 1.58. The second-order valence-electron chi connectivity index (χ2n) is 4.37. The number of nitrogens with one attached hydrogen (secondary N) is 2. The molecule has 0 aliphatic heterocycles. The monoisotopic (exact) mass is 268 g/mol. The van der Waals surface area contributed by atoms with E-state index in [1.807, 2.05) is 0 Å². The Kier molecular flexibility index (Phi) is 4.80. The molecule has 0 aromatic carbocycles. The first kappa shape index (κ1) is 14.9. The van der Waals surface area contributed by atoms with E-state index in [2.05, 4.69) is 15.6 Å². The molecule has 0 aliphatic carbocycles. The summed E-state index contributed by atoms with van der Waals surface area (Å²) in [4.78, 5) is 26.9. The van der Waals surface area contributed by atoms with Crippen molar-refractivity contribution in [2.24, 2.45) is 11.7 Å². The molecule has 1 heterocycles. The molecule has 1 unspecified atom stereocenters. The fourth-order valence-corrected chi connectivity index (χ4v) is 1.58. The number of amides is 2. The zero-order valence-electron chi connectivity index (χ0n) is 11.0. The van der Waals surface area contributed by atoms with Gasteiger partial charge >= 0.3 is 0 Å². The molecule has 1 aromatic rings. The Morgan fingerprint density at radius 3 is 2.53 bits per heavy atom. The van der Waals surface area contributed by atoms with Crippen molar-refractivity contribution in [3.05, 3.63) is 23.6 Å². The van der Waals surface area contributed by atoms with Gasteiger partial charge < -0.3 is 16.4 Å². The average molecular weight is 268 g/mol. The summed E-state index contributed by atoms with van der Waals surface area (Å²) >= 11 is 0. The van der Waals surface area contributed by atoms with E-state index in [-0.39, 0.29) is 17.3 Å². The van der Waals surface area contributed by atoms with Crippen molar-refractivity contribution >= 4 is 17.6 Å². The molecule has 6 nitrogen and oxygen atoms in total. The average Bonchev–Trinajstić information content (AvgIpc) is 2.35. The number of primary amides is 1. The van der Waals surface area contributed by atoms with Crippen LogP contribution in [0.15, 0.2) is 12.3 Å². The molecule has 1 atom stereocenters. The Morgan fingerprint density at radius 2 is 2.05 bits per heavy atom. The minimum Gasteiger partial charge on any atom is -0.371 e. The summed E-state index contributed by atoms with van der Waals surface area (Å²) < 4.78 is 13.9. The first-order valence-electron chi connectivity index (χ1n) is 5.81. The van der Waals surface area contributed by atoms with Crippen molar-refractivity contribution in [2.75, 3.05) is 12.4 Å². The maximum absolute atomic E-state index is 13.9. The molecule has 0 bridgehead atoms. The van der Waals surface area contributed by atoms with Gasteiger partial charge in [-0.3, -0.25) is 9.59 Å². The van der Waals surface area contributed by atoms with Crippen LogP contribution in [-0.2, 0) is 4.79 Å². The number of aromatic nitrogens is 1. The Hall–Kier alpha value is -2.18. The van der Waals surface area contributed by atoms with Crippen LogP contribution in [-0.4, -0.2) is 29.9 Å². The van der Waals surface area contributed by atoms with Gasteiger partial charge in [-0.15, -0.1) is 0 Å². The van der Waals surface area contributed by atoms with E-state index >= 15 is 0 Å². The zero-order valence-corrected chi connectivity index (χ0v) is 11.0. The van der Waals surface area contributed by atoms with Crippen molar-refractivity contribution in [3.63, 3.8) is 0 Å². The first-order chi connectivity index (χ1) is 8.88. The minimum atomic E-state index is -0.849. The van der Waals surface area contributed by atoms with Gasteiger partial charge in [0, 0.05) is 13.2 Å². The minimum absolute atomic E-state index is 0.0344. The summed E-state index contributed by atoms with van der Waals surface area (Å²) in [5, 5.41) is 4.95. The van der Waals surface area contributed by atoms with Gasteiger partial charge in [-0.05, 0) is 12.0 Å². The molecule has 0 aliphatic rings. The van der Waals surface area contributed by atoms with Crippen molar-refractivity contribution < 1.29 is 14.0 Å². The number of nitrogens with zero attached hydrogens (tertiary/aromatic N) is 1. The molecule has 0 spiro atoms. The molecule has 104 valence electrons. The number of halogens is 1. The molecule has 1 aromatic heterocycles. The standard InChI is InChI=1S/C12H17FN4O2/c1-6(2)9(10(14)18)17-12(19)7-4-5-16-11(15-3)8(7)13/h4-6,9H,1-3H3,(H2,14,18)(H,15,16)(H,17,19). The molecule has 1 rings (SSSR count). The number of nitrogens with two attached hydrogens (primary N) is 1. The van der Waals surface area contributed by atoms with Gasteiger partial charge in [-0.2, -0.15) is 0 Å². The topological polar surface area (TPSA) is 97.1 Å². The van der Waals surface area contributed by atoms with Crippen molar-refractivity contribution in [1.82, 2.24) is 10.3 Å². The summed E-state index contributed by atoms with van der Waals surface area (Å²) in [6.45, 7) is 3.47. The van der Waals surface area contributed by atoms with Gasteiger partial charge in [-0.1, -0.05) is 13.8 Å². The maximum Gasteiger partial charge on any atom is 0.255 e. The van der Waals surface area contributed by atoms with Crippen molar-refractivity contribution in [2.45, 2.75) is 19.9 Å². The summed E-state index contributed by atoms with van der Waals surface area (Å²) in [5.74, 6) is -2.35. The van der Waals surface area contributed by atoms with Gasteiger partial charge in [0.1, 0.15) is 6.04 Å². The van der Waals surface area contributed by atoms with Crippen molar-refractivity contribution in [3.8, 4) is 0 Å². The molecule has 2 amide bonds. The highest BCUT2D eigenvalue weighted by atomic mass is 19.1. The Morgan fingerprint density at radius 1 is 1.42 bits per heavy atom. The normalized spacial score (nSPS) is 12.1. The van der Waals surface area contributed by atoms with Gasteiger partial charge in [-0.25, -0.2) is 9.37 Å². The second kappa shape index (κ2) is 6.12. The van der Waals surface area contributed by atoms with Crippen LogP contribution >= 0.6 is 0 Å². The van der Waals surface area contributed by atoms with Crippen LogP contribution in [0.2, 0.25) is 0 Å². The highest BCUT2D eigenvalue weighted by Gasteiger charge is 2.24. The lowest BCUT2D eigenvalue weighted by Gasteiger charge is -2.19. The maximum atomic E-state index is 13.9. The van der Waals surface area contributed by atoms with Crippen molar-refractivity contribution in [1.29, 1.82) is 0 Å². The molecule has 7 heteroatoms. The highest BCUT2D eigenvalue weighted by Crippen LogP contribution is 2.15. The Bertz CT molecular complexity index is 491. The van der Waals surface area contributed by atoms with Crippen LogP contribution < -0.4 is 16.4 Å². The molecular formula is C12H17FN4O2. The van der Waals surface area contributed by atoms with Gasteiger partial charge in [0.2, 0.25) is 5.91 Å². The largest absolute Gasteiger partial charge is 0.371 e. The lowest BCUT2D eigenvalue weighted by molar-refractivity contribution is -0.120. The number of anilines is 1. The molecule has 0 saturated heterocycles. The van der Waals surface area contributed by atoms with Crippen LogP contribution in [0.25, 0.3) is 0 Å². The first-order valence-corrected chi connectivity index (χ1v) is 5.81. The number of pyridine rings is 1. The molecule has 0 fully saturated rings. The van der Waals surface area contributed by atoms with Gasteiger partial charge in [0.15, 0.2) is 11.6 Å². The number of hydrogen-bond acceptors (Lipinski definition) is 4. The van der Waals surface area contributed by atoms with Crippen LogP contribution in [0.1, 0.15) is 24.2 Å². The molecule has 0 radical (unpaired) electrons. The van der Waals surface area contributed by atoms with Crippen LogP contribution in [0.5, 0.6) is 0 Å². The lowest BCUT2D eigenvalue weighted by Crippen LogP contribution is -2.47. The molecule has 4 N–H and O–H groups in total. The van der Waals surface area contributed by atoms with Crippen LogP contribution in [0.3, 0.4) is 0 Å². The van der Waals surface area contributed by atoms with E-state index in [4.69, 9.17) is 5.73 Å². The third kappa shape index (κ3) is 3.40.